The minimum atomic E-state index is -0.139. The number of carbonyl (C=O) groups is 2. The van der Waals surface area contributed by atoms with E-state index in [9.17, 15) is 9.59 Å². The van der Waals surface area contributed by atoms with Gasteiger partial charge in [-0.2, -0.15) is 0 Å². The Morgan fingerprint density at radius 1 is 1.23 bits per heavy atom. The molecular formula is C19H25N3O4. The third kappa shape index (κ3) is 3.16. The number of hydrogen-bond acceptors (Lipinski definition) is 5. The van der Waals surface area contributed by atoms with Gasteiger partial charge in [-0.1, -0.05) is 0 Å². The average molecular weight is 359 g/mol. The standard InChI is InChI=1S/C19H25N3O4/c1-25-17-5-2-13(11-20-17)21-18(23)15-10-14-3-4-16(15)22(14)19(24)12-6-8-26-9-7-12/h2,5,11-12,14-16H,3-4,6-10H2,1H3,(H,21,23)/t14-,15+,16-/m1/s1. The molecule has 3 aliphatic heterocycles. The predicted octanol–water partition coefficient (Wildman–Crippen LogP) is 1.83. The molecule has 3 aliphatic rings. The normalized spacial score (nSPS) is 28.2. The lowest BCUT2D eigenvalue weighted by atomic mass is 9.88. The topological polar surface area (TPSA) is 80.8 Å². The monoisotopic (exact) mass is 359 g/mol. The molecule has 4 heterocycles. The summed E-state index contributed by atoms with van der Waals surface area (Å²) in [5, 5.41) is 2.94. The summed E-state index contributed by atoms with van der Waals surface area (Å²) in [7, 11) is 1.56. The van der Waals surface area contributed by atoms with Gasteiger partial charge in [0.15, 0.2) is 0 Å². The van der Waals surface area contributed by atoms with Gasteiger partial charge in [-0.25, -0.2) is 4.98 Å². The number of fused-ring (bicyclic) bond motifs is 2. The lowest BCUT2D eigenvalue weighted by Crippen LogP contribution is -2.43. The van der Waals surface area contributed by atoms with Crippen molar-refractivity contribution in [2.75, 3.05) is 25.6 Å². The molecule has 26 heavy (non-hydrogen) atoms. The summed E-state index contributed by atoms with van der Waals surface area (Å²) < 4.78 is 10.4. The Labute approximate surface area is 153 Å². The number of ether oxygens (including phenoxy) is 2. The fourth-order valence-corrected chi connectivity index (χ4v) is 4.58. The molecule has 1 N–H and O–H groups in total. The Balaban J connectivity index is 1.41. The van der Waals surface area contributed by atoms with Gasteiger partial charge in [0, 0.05) is 37.3 Å². The highest BCUT2D eigenvalue weighted by Gasteiger charge is 2.52. The first-order valence-electron chi connectivity index (χ1n) is 9.38. The van der Waals surface area contributed by atoms with Crippen molar-refractivity contribution in [1.82, 2.24) is 9.88 Å². The summed E-state index contributed by atoms with van der Waals surface area (Å²) in [6.45, 7) is 1.32. The molecule has 2 bridgehead atoms. The van der Waals surface area contributed by atoms with Crippen molar-refractivity contribution in [2.24, 2.45) is 11.8 Å². The molecule has 7 nitrogen and oxygen atoms in total. The van der Waals surface area contributed by atoms with Crippen LogP contribution in [0.25, 0.3) is 0 Å². The highest BCUT2D eigenvalue weighted by molar-refractivity contribution is 5.94. The Kier molecular flexibility index (Phi) is 4.80. The lowest BCUT2D eigenvalue weighted by molar-refractivity contribution is -0.140. The molecule has 0 unspecified atom stereocenters. The highest BCUT2D eigenvalue weighted by atomic mass is 16.5. The van der Waals surface area contributed by atoms with Gasteiger partial charge in [0.1, 0.15) is 0 Å². The van der Waals surface area contributed by atoms with Gasteiger partial charge >= 0.3 is 0 Å². The number of nitrogens with one attached hydrogen (secondary N) is 1. The molecule has 2 amide bonds. The van der Waals surface area contributed by atoms with E-state index < -0.39 is 0 Å². The van der Waals surface area contributed by atoms with Gasteiger partial charge in [-0.3, -0.25) is 9.59 Å². The molecule has 7 heteroatoms. The van der Waals surface area contributed by atoms with E-state index in [1.807, 2.05) is 4.90 Å². The van der Waals surface area contributed by atoms with Gasteiger partial charge in [0.2, 0.25) is 17.7 Å². The van der Waals surface area contributed by atoms with Crippen LogP contribution in [0.2, 0.25) is 0 Å². The van der Waals surface area contributed by atoms with E-state index in [0.29, 0.717) is 24.8 Å². The molecule has 140 valence electrons. The number of methoxy groups -OCH3 is 1. The van der Waals surface area contributed by atoms with Gasteiger partial charge in [-0.15, -0.1) is 0 Å². The summed E-state index contributed by atoms with van der Waals surface area (Å²) >= 11 is 0. The minimum Gasteiger partial charge on any atom is -0.481 e. The molecule has 0 aromatic carbocycles. The number of anilines is 1. The van der Waals surface area contributed by atoms with Crippen LogP contribution in [0.3, 0.4) is 0 Å². The minimum absolute atomic E-state index is 0.0195. The summed E-state index contributed by atoms with van der Waals surface area (Å²) in [6.07, 6.45) is 5.86. The van der Waals surface area contributed by atoms with Crippen LogP contribution in [0.15, 0.2) is 18.3 Å². The molecule has 1 aromatic heterocycles. The Morgan fingerprint density at radius 2 is 2.04 bits per heavy atom. The zero-order chi connectivity index (χ0) is 18.1. The SMILES string of the molecule is COc1ccc(NC(=O)[C@H]2C[C@H]3CC[C@H]2N3C(=O)C2CCOCC2)cn1. The van der Waals surface area contributed by atoms with Crippen LogP contribution in [-0.2, 0) is 14.3 Å². The third-order valence-corrected chi connectivity index (χ3v) is 5.91. The lowest BCUT2D eigenvalue weighted by Gasteiger charge is -2.30. The first-order chi connectivity index (χ1) is 12.7. The maximum absolute atomic E-state index is 13.0. The second-order valence-electron chi connectivity index (χ2n) is 7.35. The molecular weight excluding hydrogens is 334 g/mol. The molecule has 3 saturated heterocycles. The van der Waals surface area contributed by atoms with Crippen molar-refractivity contribution < 1.29 is 19.1 Å². The van der Waals surface area contributed by atoms with Crippen molar-refractivity contribution in [3.8, 4) is 5.88 Å². The molecule has 3 fully saturated rings. The summed E-state index contributed by atoms with van der Waals surface area (Å²) in [6, 6.07) is 3.74. The zero-order valence-corrected chi connectivity index (χ0v) is 15.0. The number of hydrogen-bond donors (Lipinski definition) is 1. The van der Waals surface area contributed by atoms with E-state index in [0.717, 1.165) is 32.1 Å². The van der Waals surface area contributed by atoms with Crippen LogP contribution in [0.1, 0.15) is 32.1 Å². The molecule has 1 aromatic rings. The molecule has 4 rings (SSSR count). The Bertz CT molecular complexity index is 672. The Hall–Kier alpha value is -2.15. The maximum Gasteiger partial charge on any atom is 0.229 e. The summed E-state index contributed by atoms with van der Waals surface area (Å²) in [5.74, 6) is 0.631. The van der Waals surface area contributed by atoms with E-state index in [-0.39, 0.29) is 35.7 Å². The number of amides is 2. The van der Waals surface area contributed by atoms with E-state index in [1.165, 1.54) is 0 Å². The van der Waals surface area contributed by atoms with Crippen molar-refractivity contribution in [1.29, 1.82) is 0 Å². The van der Waals surface area contributed by atoms with E-state index in [2.05, 4.69) is 10.3 Å². The first kappa shape index (κ1) is 17.3. The Morgan fingerprint density at radius 3 is 2.73 bits per heavy atom. The van der Waals surface area contributed by atoms with Crippen LogP contribution in [0, 0.1) is 11.8 Å². The summed E-state index contributed by atoms with van der Waals surface area (Å²) in [5.41, 5.74) is 0.654. The van der Waals surface area contributed by atoms with Gasteiger partial charge in [0.25, 0.3) is 0 Å². The smallest absolute Gasteiger partial charge is 0.229 e. The van der Waals surface area contributed by atoms with Gasteiger partial charge in [0.05, 0.1) is 24.9 Å². The number of nitrogens with zero attached hydrogens (tertiary/aromatic N) is 2. The van der Waals surface area contributed by atoms with Crippen molar-refractivity contribution in [2.45, 2.75) is 44.2 Å². The van der Waals surface area contributed by atoms with Gasteiger partial charge < -0.3 is 19.7 Å². The maximum atomic E-state index is 13.0. The second kappa shape index (κ2) is 7.23. The number of carbonyl (C=O) groups excluding carboxylic acids is 2. The van der Waals surface area contributed by atoms with Crippen LogP contribution in [-0.4, -0.2) is 54.1 Å². The van der Waals surface area contributed by atoms with Crippen LogP contribution < -0.4 is 10.1 Å². The number of pyridine rings is 1. The molecule has 0 saturated carbocycles. The quantitative estimate of drug-likeness (QED) is 0.887. The van der Waals surface area contributed by atoms with E-state index in [4.69, 9.17) is 9.47 Å². The van der Waals surface area contributed by atoms with Crippen molar-refractivity contribution in [3.63, 3.8) is 0 Å². The van der Waals surface area contributed by atoms with E-state index in [1.54, 1.807) is 25.4 Å². The third-order valence-electron chi connectivity index (χ3n) is 5.91. The van der Waals surface area contributed by atoms with Crippen LogP contribution >= 0.6 is 0 Å². The highest BCUT2D eigenvalue weighted by Crippen LogP contribution is 2.43. The first-order valence-corrected chi connectivity index (χ1v) is 9.38. The van der Waals surface area contributed by atoms with E-state index >= 15 is 0 Å². The van der Waals surface area contributed by atoms with Crippen molar-refractivity contribution >= 4 is 17.5 Å². The molecule has 0 radical (unpaired) electrons. The molecule has 0 aliphatic carbocycles. The molecule has 0 spiro atoms. The fourth-order valence-electron chi connectivity index (χ4n) is 4.58. The van der Waals surface area contributed by atoms with Crippen LogP contribution in [0.5, 0.6) is 5.88 Å². The number of aromatic nitrogens is 1. The second-order valence-corrected chi connectivity index (χ2v) is 7.35. The zero-order valence-electron chi connectivity index (χ0n) is 15.0. The fraction of sp³-hybridized carbons (Fsp3) is 0.632. The predicted molar refractivity (Wildman–Crippen MR) is 94.7 cm³/mol. The average Bonchev–Trinajstić information content (AvgIpc) is 3.27. The van der Waals surface area contributed by atoms with Gasteiger partial charge in [-0.05, 0) is 38.2 Å². The van der Waals surface area contributed by atoms with Crippen molar-refractivity contribution in [3.05, 3.63) is 18.3 Å². The molecule has 3 atom stereocenters. The summed E-state index contributed by atoms with van der Waals surface area (Å²) in [4.78, 5) is 31.9. The largest absolute Gasteiger partial charge is 0.481 e. The number of rotatable bonds is 4. The van der Waals surface area contributed by atoms with Crippen LogP contribution in [0.4, 0.5) is 5.69 Å².